The second-order valence-electron chi connectivity index (χ2n) is 7.56. The summed E-state index contributed by atoms with van der Waals surface area (Å²) in [7, 11) is -7.19. The van der Waals surface area contributed by atoms with E-state index >= 15 is 0 Å². The van der Waals surface area contributed by atoms with E-state index in [1.807, 2.05) is 48.5 Å². The van der Waals surface area contributed by atoms with Gasteiger partial charge in [-0.05, 0) is 51.9 Å². The van der Waals surface area contributed by atoms with Crippen LogP contribution >= 0.6 is 21.2 Å². The van der Waals surface area contributed by atoms with Gasteiger partial charge in [0.15, 0.2) is 9.57 Å². The Morgan fingerprint density at radius 3 is 1.58 bits per heavy atom. The summed E-state index contributed by atoms with van der Waals surface area (Å²) in [5.74, 6) is 0. The zero-order chi connectivity index (χ0) is 23.2. The van der Waals surface area contributed by atoms with Crippen molar-refractivity contribution in [2.45, 2.75) is 19.8 Å². The minimum Gasteiger partial charge on any atom is -0.289 e. The lowest BCUT2D eigenvalue weighted by atomic mass is 10.1. The van der Waals surface area contributed by atoms with Crippen molar-refractivity contribution < 1.29 is 22.8 Å². The topological polar surface area (TPSA) is 120 Å². The van der Waals surface area contributed by atoms with E-state index in [1.165, 1.54) is 12.1 Å². The van der Waals surface area contributed by atoms with Crippen molar-refractivity contribution in [2.24, 2.45) is 0 Å². The number of fused-ring (bicyclic) bond motifs is 2. The van der Waals surface area contributed by atoms with E-state index in [0.717, 1.165) is 21.5 Å². The van der Waals surface area contributed by atoms with Gasteiger partial charge in [-0.25, -0.2) is 0 Å². The maximum absolute atomic E-state index is 12.8. The first kappa shape index (κ1) is 21.7. The Morgan fingerprint density at radius 2 is 1.06 bits per heavy atom. The fourth-order valence-corrected chi connectivity index (χ4v) is 6.31. The van der Waals surface area contributed by atoms with Crippen LogP contribution < -0.4 is 4.54 Å². The van der Waals surface area contributed by atoms with Crippen molar-refractivity contribution in [1.29, 1.82) is 0 Å². The van der Waals surface area contributed by atoms with Gasteiger partial charge in [-0.3, -0.25) is 18.2 Å². The van der Waals surface area contributed by atoms with Gasteiger partial charge < -0.3 is 0 Å². The third kappa shape index (κ3) is 3.80. The van der Waals surface area contributed by atoms with Crippen LogP contribution in [0.25, 0.3) is 21.5 Å². The molecule has 0 unspecified atom stereocenters. The Kier molecular flexibility index (Phi) is 5.25. The summed E-state index contributed by atoms with van der Waals surface area (Å²) in [6.07, 6.45) is 0. The Bertz CT molecular complexity index is 1570. The molecular weight excluding hydrogens is 460 g/mol. The first-order chi connectivity index (χ1) is 15.8. The molecule has 5 N–H and O–H groups in total. The van der Waals surface area contributed by atoms with Crippen molar-refractivity contribution in [3.05, 3.63) is 102 Å². The molecule has 5 aromatic rings. The van der Waals surface area contributed by atoms with Crippen LogP contribution in [0.15, 0.2) is 117 Å². The second kappa shape index (κ2) is 7.99. The zero-order valence-corrected chi connectivity index (χ0v) is 18.8. The molecular formula is C24H21N2O5S2+. The number of rotatable bonds is 4. The maximum atomic E-state index is 12.8. The van der Waals surface area contributed by atoms with Crippen LogP contribution in [0.4, 0.5) is 0 Å². The zero-order valence-electron chi connectivity index (χ0n) is 17.2. The molecule has 0 fully saturated rings. The summed E-state index contributed by atoms with van der Waals surface area (Å²) < 4.78 is 43.8. The Hall–Kier alpha value is -3.18. The molecule has 0 aliphatic heterocycles. The third-order valence-electron chi connectivity index (χ3n) is 5.49. The van der Waals surface area contributed by atoms with Gasteiger partial charge in [0, 0.05) is 6.07 Å². The minimum absolute atomic E-state index is 0.134. The van der Waals surface area contributed by atoms with E-state index < -0.39 is 21.2 Å². The molecule has 0 radical (unpaired) electrons. The highest BCUT2D eigenvalue weighted by Gasteiger charge is 2.32. The molecule has 0 spiro atoms. The van der Waals surface area contributed by atoms with Crippen LogP contribution in [0.2, 0.25) is 0 Å². The van der Waals surface area contributed by atoms with Crippen molar-refractivity contribution >= 4 is 42.7 Å². The van der Waals surface area contributed by atoms with Crippen LogP contribution in [0.3, 0.4) is 0 Å². The number of hydrogen-bond donors (Lipinski definition) is 5. The highest BCUT2D eigenvalue weighted by Crippen LogP contribution is 2.57. The van der Waals surface area contributed by atoms with Gasteiger partial charge in [0.2, 0.25) is 0 Å². The van der Waals surface area contributed by atoms with Gasteiger partial charge in [-0.2, -0.15) is 0 Å². The average molecular weight is 482 g/mol. The lowest BCUT2D eigenvalue weighted by Gasteiger charge is -2.31. The SMILES string of the molecule is O=[n+]1[nH]c(S(O)(O)c2ccc3ccccc3c2)ccc1S(O)(O)c1ccc2ccccc2c1. The van der Waals surface area contributed by atoms with Gasteiger partial charge in [0.25, 0.3) is 0 Å². The van der Waals surface area contributed by atoms with Gasteiger partial charge in [0.05, 0.1) is 14.7 Å². The molecule has 0 amide bonds. The third-order valence-corrected chi connectivity index (χ3v) is 9.04. The molecule has 5 rings (SSSR count). The molecule has 7 nitrogen and oxygen atoms in total. The molecule has 0 atom stereocenters. The summed E-state index contributed by atoms with van der Waals surface area (Å²) in [5.41, 5.74) is 0. The normalized spacial score (nSPS) is 13.3. The Labute approximate surface area is 192 Å². The predicted octanol–water partition coefficient (Wildman–Crippen LogP) is 6.57. The number of H-pyrrole nitrogens is 1. The number of hydrogen-bond acceptors (Lipinski definition) is 5. The van der Waals surface area contributed by atoms with Gasteiger partial charge in [-0.15, -0.1) is 10.6 Å². The van der Waals surface area contributed by atoms with E-state index in [2.05, 4.69) is 5.10 Å². The Balaban J connectivity index is 1.54. The fraction of sp³-hybridized carbons (Fsp3) is 0. The summed E-state index contributed by atoms with van der Waals surface area (Å²) in [6.45, 7) is 0. The van der Waals surface area contributed by atoms with E-state index in [9.17, 15) is 23.1 Å². The first-order valence-electron chi connectivity index (χ1n) is 9.97. The van der Waals surface area contributed by atoms with Gasteiger partial charge in [-0.1, -0.05) is 76.4 Å². The lowest BCUT2D eigenvalue weighted by molar-refractivity contribution is -0.610. The molecule has 0 aliphatic carbocycles. The highest BCUT2D eigenvalue weighted by atomic mass is 32.3. The molecule has 1 heterocycles. The Morgan fingerprint density at radius 1 is 0.576 bits per heavy atom. The van der Waals surface area contributed by atoms with E-state index in [0.29, 0.717) is 0 Å². The molecule has 0 bridgehead atoms. The molecule has 33 heavy (non-hydrogen) atoms. The second-order valence-corrected chi connectivity index (χ2v) is 11.6. The quantitative estimate of drug-likeness (QED) is 0.186. The molecule has 9 heteroatoms. The highest BCUT2D eigenvalue weighted by molar-refractivity contribution is 8.24. The van der Waals surface area contributed by atoms with Crippen molar-refractivity contribution in [1.82, 2.24) is 5.10 Å². The van der Waals surface area contributed by atoms with Crippen LogP contribution in [-0.2, 0) is 0 Å². The average Bonchev–Trinajstić information content (AvgIpc) is 2.83. The molecule has 1 aromatic heterocycles. The first-order valence-corrected chi connectivity index (χ1v) is 13.1. The number of aromatic amines is 1. The molecule has 168 valence electrons. The van der Waals surface area contributed by atoms with Crippen LogP contribution in [0.1, 0.15) is 0 Å². The van der Waals surface area contributed by atoms with Crippen LogP contribution in [0, 0.1) is 4.91 Å². The van der Waals surface area contributed by atoms with E-state index in [-0.39, 0.29) is 24.4 Å². The number of nitrogens with one attached hydrogen (secondary N) is 1. The number of aromatic nitrogens is 2. The maximum Gasteiger partial charge on any atom is 0.384 e. The molecule has 0 saturated carbocycles. The van der Waals surface area contributed by atoms with Crippen molar-refractivity contribution in [2.75, 3.05) is 0 Å². The fourth-order valence-electron chi connectivity index (χ4n) is 3.71. The standard InChI is InChI=1S/C24H20N2O5S2/c27-26-24(33(30,31)22-12-10-18-6-2-4-8-20(18)16-22)14-13-23(25-26)32(28,29)21-11-9-17-5-1-3-7-19(17)15-21/h1-16H,(H4-,25,27,28,29,30,31)/p+1. The summed E-state index contributed by atoms with van der Waals surface area (Å²) in [4.78, 5) is 13.2. The minimum atomic E-state index is -3.65. The monoisotopic (exact) mass is 481 g/mol. The largest absolute Gasteiger partial charge is 0.384 e. The summed E-state index contributed by atoms with van der Waals surface area (Å²) >= 11 is 0. The van der Waals surface area contributed by atoms with Gasteiger partial charge in [0.1, 0.15) is 0 Å². The summed E-state index contributed by atoms with van der Waals surface area (Å²) in [5, 5.41) is 5.42. The molecule has 4 aromatic carbocycles. The van der Waals surface area contributed by atoms with Crippen LogP contribution in [-0.4, -0.2) is 23.3 Å². The molecule has 0 aliphatic rings. The smallest absolute Gasteiger partial charge is 0.289 e. The van der Waals surface area contributed by atoms with Crippen molar-refractivity contribution in [3.8, 4) is 0 Å². The van der Waals surface area contributed by atoms with E-state index in [4.69, 9.17) is 0 Å². The van der Waals surface area contributed by atoms with Crippen LogP contribution in [0.5, 0.6) is 0 Å². The summed E-state index contributed by atoms with van der Waals surface area (Å²) in [6, 6.07) is 27.4. The number of benzene rings is 4. The molecule has 0 saturated heterocycles. The van der Waals surface area contributed by atoms with Gasteiger partial charge >= 0.3 is 5.03 Å². The van der Waals surface area contributed by atoms with Crippen molar-refractivity contribution in [3.63, 3.8) is 0 Å². The van der Waals surface area contributed by atoms with E-state index in [1.54, 1.807) is 36.4 Å². The number of nitrogens with zero attached hydrogens (tertiary/aromatic N) is 1. The lowest BCUT2D eigenvalue weighted by Crippen LogP contribution is -2.28. The predicted molar refractivity (Wildman–Crippen MR) is 131 cm³/mol.